The number of hydrogen-bond donors (Lipinski definition) is 1. The van der Waals surface area contributed by atoms with Crippen LogP contribution in [-0.2, 0) is 0 Å². The van der Waals surface area contributed by atoms with Crippen molar-refractivity contribution < 1.29 is 0 Å². The van der Waals surface area contributed by atoms with Crippen LogP contribution in [0.1, 0.15) is 37.7 Å². The highest BCUT2D eigenvalue weighted by Gasteiger charge is 2.10. The topological polar surface area (TPSA) is 12.0 Å². The minimum atomic E-state index is 0. The predicted molar refractivity (Wildman–Crippen MR) is 77.6 cm³/mol. The molecular formula is C15H22ClN. The molecule has 2 rings (SSSR count). The molecule has 0 spiro atoms. The minimum Gasteiger partial charge on any atom is -0.311 e. The molecule has 0 bridgehead atoms. The zero-order chi connectivity index (χ0) is 11.1. The molecule has 1 aliphatic rings. The van der Waals surface area contributed by atoms with Crippen LogP contribution >= 0.6 is 12.4 Å². The third kappa shape index (κ3) is 5.38. The average Bonchev–Trinajstić information content (AvgIpc) is 2.37. The zero-order valence-electron chi connectivity index (χ0n) is 10.3. The summed E-state index contributed by atoms with van der Waals surface area (Å²) < 4.78 is 0. The Morgan fingerprint density at radius 3 is 2.47 bits per heavy atom. The summed E-state index contributed by atoms with van der Waals surface area (Å²) in [6.45, 7) is 1.000. The largest absolute Gasteiger partial charge is 0.311 e. The van der Waals surface area contributed by atoms with Gasteiger partial charge in [-0.15, -0.1) is 12.4 Å². The number of halogens is 1. The molecule has 17 heavy (non-hydrogen) atoms. The van der Waals surface area contributed by atoms with Crippen LogP contribution in [-0.4, -0.2) is 12.6 Å². The van der Waals surface area contributed by atoms with Crippen LogP contribution in [0, 0.1) is 0 Å². The van der Waals surface area contributed by atoms with Gasteiger partial charge < -0.3 is 5.32 Å². The molecule has 1 nitrogen and oxygen atoms in total. The summed E-state index contributed by atoms with van der Waals surface area (Å²) in [6.07, 6.45) is 11.4. The zero-order valence-corrected chi connectivity index (χ0v) is 11.1. The number of nitrogens with one attached hydrogen (secondary N) is 1. The van der Waals surface area contributed by atoms with Crippen molar-refractivity contribution in [1.29, 1.82) is 0 Å². The molecule has 1 saturated carbocycles. The molecule has 1 aromatic rings. The molecule has 1 aliphatic carbocycles. The SMILES string of the molecule is C(=C\c1ccccc1)/CNC1CCCCC1.Cl. The minimum absolute atomic E-state index is 0. The second kappa shape index (κ2) is 8.32. The average molecular weight is 252 g/mol. The maximum absolute atomic E-state index is 3.61. The van der Waals surface area contributed by atoms with E-state index in [1.807, 2.05) is 0 Å². The van der Waals surface area contributed by atoms with Gasteiger partial charge in [0.1, 0.15) is 0 Å². The molecule has 1 aromatic carbocycles. The van der Waals surface area contributed by atoms with Crippen molar-refractivity contribution in [1.82, 2.24) is 5.32 Å². The number of hydrogen-bond acceptors (Lipinski definition) is 1. The molecule has 0 heterocycles. The maximum Gasteiger partial charge on any atom is 0.0140 e. The summed E-state index contributed by atoms with van der Waals surface area (Å²) in [7, 11) is 0. The molecule has 0 radical (unpaired) electrons. The summed E-state index contributed by atoms with van der Waals surface area (Å²) in [5.74, 6) is 0. The van der Waals surface area contributed by atoms with Gasteiger partial charge >= 0.3 is 0 Å². The first kappa shape index (κ1) is 14.3. The third-order valence-electron chi connectivity index (χ3n) is 3.24. The molecule has 94 valence electrons. The van der Waals surface area contributed by atoms with Crippen LogP contribution < -0.4 is 5.32 Å². The second-order valence-electron chi connectivity index (χ2n) is 4.56. The molecular weight excluding hydrogens is 230 g/mol. The Bertz CT molecular complexity index is 315. The van der Waals surface area contributed by atoms with Crippen LogP contribution in [0.4, 0.5) is 0 Å². The van der Waals surface area contributed by atoms with E-state index in [2.05, 4.69) is 47.8 Å². The third-order valence-corrected chi connectivity index (χ3v) is 3.24. The van der Waals surface area contributed by atoms with Gasteiger partial charge in [0, 0.05) is 12.6 Å². The summed E-state index contributed by atoms with van der Waals surface area (Å²) >= 11 is 0. The van der Waals surface area contributed by atoms with Gasteiger partial charge in [-0.2, -0.15) is 0 Å². The Labute approximate surface area is 111 Å². The van der Waals surface area contributed by atoms with E-state index in [1.54, 1.807) is 0 Å². The summed E-state index contributed by atoms with van der Waals surface area (Å²) in [4.78, 5) is 0. The van der Waals surface area contributed by atoms with Crippen LogP contribution in [0.3, 0.4) is 0 Å². The lowest BCUT2D eigenvalue weighted by Crippen LogP contribution is -2.30. The molecule has 2 heteroatoms. The quantitative estimate of drug-likeness (QED) is 0.852. The highest BCUT2D eigenvalue weighted by Crippen LogP contribution is 2.17. The molecule has 0 saturated heterocycles. The molecule has 1 fully saturated rings. The van der Waals surface area contributed by atoms with E-state index in [0.29, 0.717) is 0 Å². The summed E-state index contributed by atoms with van der Waals surface area (Å²) in [5.41, 5.74) is 1.29. The van der Waals surface area contributed by atoms with Gasteiger partial charge in [-0.25, -0.2) is 0 Å². The van der Waals surface area contributed by atoms with Crippen molar-refractivity contribution in [2.24, 2.45) is 0 Å². The van der Waals surface area contributed by atoms with Gasteiger partial charge in [-0.3, -0.25) is 0 Å². The molecule has 0 unspecified atom stereocenters. The van der Waals surface area contributed by atoms with E-state index >= 15 is 0 Å². The normalized spacial score (nSPS) is 16.9. The van der Waals surface area contributed by atoms with Crippen LogP contribution in [0.2, 0.25) is 0 Å². The lowest BCUT2D eigenvalue weighted by molar-refractivity contribution is 0.385. The Hall–Kier alpha value is -0.790. The van der Waals surface area contributed by atoms with Crippen molar-refractivity contribution in [2.45, 2.75) is 38.1 Å². The van der Waals surface area contributed by atoms with Crippen molar-refractivity contribution in [3.8, 4) is 0 Å². The molecule has 1 N–H and O–H groups in total. The fourth-order valence-electron chi connectivity index (χ4n) is 2.30. The van der Waals surface area contributed by atoms with Gasteiger partial charge in [-0.1, -0.05) is 61.7 Å². The molecule has 0 amide bonds. The highest BCUT2D eigenvalue weighted by atomic mass is 35.5. The number of benzene rings is 1. The molecule has 0 atom stereocenters. The van der Waals surface area contributed by atoms with Gasteiger partial charge in [0.15, 0.2) is 0 Å². The Balaban J connectivity index is 0.00000144. The van der Waals surface area contributed by atoms with Gasteiger partial charge in [0.25, 0.3) is 0 Å². The Morgan fingerprint density at radius 2 is 1.76 bits per heavy atom. The van der Waals surface area contributed by atoms with Crippen molar-refractivity contribution in [3.05, 3.63) is 42.0 Å². The molecule has 0 aliphatic heterocycles. The smallest absolute Gasteiger partial charge is 0.0140 e. The maximum atomic E-state index is 3.61. The fraction of sp³-hybridized carbons (Fsp3) is 0.467. The van der Waals surface area contributed by atoms with E-state index in [4.69, 9.17) is 0 Å². The van der Waals surface area contributed by atoms with Crippen LogP contribution in [0.15, 0.2) is 36.4 Å². The van der Waals surface area contributed by atoms with Crippen molar-refractivity contribution in [2.75, 3.05) is 6.54 Å². The monoisotopic (exact) mass is 251 g/mol. The summed E-state index contributed by atoms with van der Waals surface area (Å²) in [5, 5.41) is 3.61. The number of rotatable bonds is 4. The molecule has 0 aromatic heterocycles. The van der Waals surface area contributed by atoms with Gasteiger partial charge in [-0.05, 0) is 18.4 Å². The lowest BCUT2D eigenvalue weighted by Gasteiger charge is -2.21. The predicted octanol–water partition coefficient (Wildman–Crippen LogP) is 4.04. The fourth-order valence-corrected chi connectivity index (χ4v) is 2.30. The van der Waals surface area contributed by atoms with Gasteiger partial charge in [0.05, 0.1) is 0 Å². The standard InChI is InChI=1S/C15H21N.ClH/c1-3-8-14(9-4-1)10-7-13-16-15-11-5-2-6-12-15;/h1,3-4,7-10,15-16H,2,5-6,11-13H2;1H/b10-7+;. The van der Waals surface area contributed by atoms with E-state index in [-0.39, 0.29) is 12.4 Å². The van der Waals surface area contributed by atoms with Crippen molar-refractivity contribution >= 4 is 18.5 Å². The van der Waals surface area contributed by atoms with Crippen molar-refractivity contribution in [3.63, 3.8) is 0 Å². The Kier molecular flexibility index (Phi) is 6.99. The lowest BCUT2D eigenvalue weighted by atomic mass is 9.95. The second-order valence-corrected chi connectivity index (χ2v) is 4.56. The summed E-state index contributed by atoms with van der Waals surface area (Å²) in [6, 6.07) is 11.2. The van der Waals surface area contributed by atoms with E-state index in [9.17, 15) is 0 Å². The van der Waals surface area contributed by atoms with Gasteiger partial charge in [0.2, 0.25) is 0 Å². The van der Waals surface area contributed by atoms with Crippen LogP contribution in [0.5, 0.6) is 0 Å². The first-order valence-corrected chi connectivity index (χ1v) is 6.40. The highest BCUT2D eigenvalue weighted by molar-refractivity contribution is 5.85. The first-order valence-electron chi connectivity index (χ1n) is 6.40. The Morgan fingerprint density at radius 1 is 1.06 bits per heavy atom. The van der Waals surface area contributed by atoms with E-state index in [1.165, 1.54) is 37.7 Å². The van der Waals surface area contributed by atoms with E-state index < -0.39 is 0 Å². The first-order chi connectivity index (χ1) is 7.95. The van der Waals surface area contributed by atoms with E-state index in [0.717, 1.165) is 12.6 Å². The van der Waals surface area contributed by atoms with Crippen LogP contribution in [0.25, 0.3) is 6.08 Å².